The standard InChI is InChI=1S/C16H32N2/c1-4-5-6-7-8-9-10-11-14-18-15-16(2,3)12-13-17/h18H,4-12,14-15H2,1-3H3. The van der Waals surface area contributed by atoms with E-state index in [1.165, 1.54) is 51.4 Å². The van der Waals surface area contributed by atoms with E-state index in [9.17, 15) is 0 Å². The van der Waals surface area contributed by atoms with Gasteiger partial charge in [-0.05, 0) is 18.4 Å². The number of nitriles is 1. The lowest BCUT2D eigenvalue weighted by atomic mass is 9.90. The smallest absolute Gasteiger partial charge is 0.0627 e. The van der Waals surface area contributed by atoms with Gasteiger partial charge in [-0.2, -0.15) is 5.26 Å². The molecule has 0 atom stereocenters. The van der Waals surface area contributed by atoms with E-state index in [0.29, 0.717) is 6.42 Å². The van der Waals surface area contributed by atoms with Crippen LogP contribution in [0.15, 0.2) is 0 Å². The summed E-state index contributed by atoms with van der Waals surface area (Å²) in [5, 5.41) is 12.2. The van der Waals surface area contributed by atoms with E-state index in [2.05, 4.69) is 32.2 Å². The van der Waals surface area contributed by atoms with Crippen LogP contribution in [0.3, 0.4) is 0 Å². The van der Waals surface area contributed by atoms with Crippen molar-refractivity contribution in [1.29, 1.82) is 5.26 Å². The number of nitrogens with one attached hydrogen (secondary N) is 1. The molecular formula is C16H32N2. The van der Waals surface area contributed by atoms with E-state index in [4.69, 9.17) is 5.26 Å². The van der Waals surface area contributed by atoms with Crippen molar-refractivity contribution in [3.05, 3.63) is 0 Å². The Balaban J connectivity index is 3.19. The Morgan fingerprint density at radius 3 is 2.06 bits per heavy atom. The lowest BCUT2D eigenvalue weighted by Gasteiger charge is -2.21. The first-order valence-corrected chi connectivity index (χ1v) is 7.70. The highest BCUT2D eigenvalue weighted by molar-refractivity contribution is 4.83. The second kappa shape index (κ2) is 11.5. The third kappa shape index (κ3) is 11.9. The molecule has 0 aliphatic heterocycles. The molecule has 2 heteroatoms. The maximum Gasteiger partial charge on any atom is 0.0627 e. The topological polar surface area (TPSA) is 35.8 Å². The summed E-state index contributed by atoms with van der Waals surface area (Å²) in [5.41, 5.74) is 0.120. The van der Waals surface area contributed by atoms with Gasteiger partial charge in [-0.1, -0.05) is 65.7 Å². The Bertz CT molecular complexity index is 216. The van der Waals surface area contributed by atoms with Crippen molar-refractivity contribution in [1.82, 2.24) is 5.32 Å². The molecule has 0 fully saturated rings. The van der Waals surface area contributed by atoms with Gasteiger partial charge in [0, 0.05) is 13.0 Å². The van der Waals surface area contributed by atoms with Crippen molar-refractivity contribution in [2.75, 3.05) is 13.1 Å². The average Bonchev–Trinajstić information content (AvgIpc) is 2.31. The van der Waals surface area contributed by atoms with E-state index >= 15 is 0 Å². The van der Waals surface area contributed by atoms with Gasteiger partial charge in [0.1, 0.15) is 0 Å². The normalized spacial score (nSPS) is 11.4. The second-order valence-corrected chi connectivity index (χ2v) is 6.15. The van der Waals surface area contributed by atoms with Gasteiger partial charge in [0.05, 0.1) is 6.07 Å². The number of rotatable bonds is 12. The predicted molar refractivity (Wildman–Crippen MR) is 79.5 cm³/mol. The highest BCUT2D eigenvalue weighted by Crippen LogP contribution is 2.17. The average molecular weight is 252 g/mol. The summed E-state index contributed by atoms with van der Waals surface area (Å²) >= 11 is 0. The number of hydrogen-bond donors (Lipinski definition) is 1. The lowest BCUT2D eigenvalue weighted by molar-refractivity contribution is 0.347. The van der Waals surface area contributed by atoms with Crippen LogP contribution in [0.2, 0.25) is 0 Å². The summed E-state index contributed by atoms with van der Waals surface area (Å²) in [5.74, 6) is 0. The minimum Gasteiger partial charge on any atom is -0.316 e. The lowest BCUT2D eigenvalue weighted by Crippen LogP contribution is -2.29. The molecule has 106 valence electrons. The minimum absolute atomic E-state index is 0.120. The fourth-order valence-corrected chi connectivity index (χ4v) is 2.09. The molecule has 0 heterocycles. The Kier molecular flexibility index (Phi) is 11.2. The molecule has 0 unspecified atom stereocenters. The summed E-state index contributed by atoms with van der Waals surface area (Å²) in [4.78, 5) is 0. The van der Waals surface area contributed by atoms with E-state index in [1.54, 1.807) is 0 Å². The van der Waals surface area contributed by atoms with E-state index in [0.717, 1.165) is 13.1 Å². The molecule has 0 saturated heterocycles. The van der Waals surface area contributed by atoms with Gasteiger partial charge in [-0.3, -0.25) is 0 Å². The molecule has 0 bridgehead atoms. The zero-order valence-electron chi connectivity index (χ0n) is 12.7. The highest BCUT2D eigenvalue weighted by Gasteiger charge is 2.16. The summed E-state index contributed by atoms with van der Waals surface area (Å²) in [6, 6.07) is 2.25. The van der Waals surface area contributed by atoms with Crippen LogP contribution in [0.4, 0.5) is 0 Å². The van der Waals surface area contributed by atoms with Crippen LogP contribution in [-0.4, -0.2) is 13.1 Å². The summed E-state index contributed by atoms with van der Waals surface area (Å²) in [6.45, 7) is 8.62. The van der Waals surface area contributed by atoms with Crippen LogP contribution < -0.4 is 5.32 Å². The van der Waals surface area contributed by atoms with Gasteiger partial charge < -0.3 is 5.32 Å². The molecule has 0 aliphatic carbocycles. The van der Waals surface area contributed by atoms with Crippen molar-refractivity contribution in [3.63, 3.8) is 0 Å². The van der Waals surface area contributed by atoms with Crippen molar-refractivity contribution in [3.8, 4) is 6.07 Å². The molecule has 0 aliphatic rings. The van der Waals surface area contributed by atoms with Gasteiger partial charge in [0.2, 0.25) is 0 Å². The van der Waals surface area contributed by atoms with Crippen LogP contribution in [0, 0.1) is 16.7 Å². The zero-order chi connectivity index (χ0) is 13.7. The van der Waals surface area contributed by atoms with Crippen LogP contribution in [0.5, 0.6) is 0 Å². The Labute approximate surface area is 114 Å². The first kappa shape index (κ1) is 17.4. The predicted octanol–water partition coefficient (Wildman–Crippen LogP) is 4.66. The summed E-state index contributed by atoms with van der Waals surface area (Å²) in [7, 11) is 0. The Hall–Kier alpha value is -0.550. The molecule has 0 amide bonds. The molecule has 0 aromatic carbocycles. The fourth-order valence-electron chi connectivity index (χ4n) is 2.09. The third-order valence-corrected chi connectivity index (χ3v) is 3.37. The first-order chi connectivity index (χ1) is 8.62. The molecule has 0 rings (SSSR count). The second-order valence-electron chi connectivity index (χ2n) is 6.15. The van der Waals surface area contributed by atoms with E-state index in [1.807, 2.05) is 0 Å². The van der Waals surface area contributed by atoms with Crippen molar-refractivity contribution in [2.45, 2.75) is 78.6 Å². The largest absolute Gasteiger partial charge is 0.316 e. The van der Waals surface area contributed by atoms with Crippen LogP contribution in [0.25, 0.3) is 0 Å². The van der Waals surface area contributed by atoms with Crippen molar-refractivity contribution >= 4 is 0 Å². The first-order valence-electron chi connectivity index (χ1n) is 7.70. The maximum atomic E-state index is 8.69. The fraction of sp³-hybridized carbons (Fsp3) is 0.938. The molecule has 1 N–H and O–H groups in total. The van der Waals surface area contributed by atoms with Gasteiger partial charge in [-0.15, -0.1) is 0 Å². The summed E-state index contributed by atoms with van der Waals surface area (Å²) in [6.07, 6.45) is 11.6. The van der Waals surface area contributed by atoms with E-state index < -0.39 is 0 Å². The zero-order valence-corrected chi connectivity index (χ0v) is 12.7. The minimum atomic E-state index is 0.120. The van der Waals surface area contributed by atoms with Crippen LogP contribution in [-0.2, 0) is 0 Å². The number of unbranched alkanes of at least 4 members (excludes halogenated alkanes) is 7. The van der Waals surface area contributed by atoms with Crippen LogP contribution in [0.1, 0.15) is 78.6 Å². The number of nitrogens with zero attached hydrogens (tertiary/aromatic N) is 1. The molecule has 0 saturated carbocycles. The van der Waals surface area contributed by atoms with Gasteiger partial charge in [-0.25, -0.2) is 0 Å². The van der Waals surface area contributed by atoms with Crippen molar-refractivity contribution in [2.24, 2.45) is 5.41 Å². The summed E-state index contributed by atoms with van der Waals surface area (Å²) < 4.78 is 0. The highest BCUT2D eigenvalue weighted by atomic mass is 14.9. The maximum absolute atomic E-state index is 8.69. The molecular weight excluding hydrogens is 220 g/mol. The van der Waals surface area contributed by atoms with Gasteiger partial charge in [0.15, 0.2) is 0 Å². The molecule has 0 radical (unpaired) electrons. The molecule has 0 aromatic heterocycles. The third-order valence-electron chi connectivity index (χ3n) is 3.37. The van der Waals surface area contributed by atoms with Crippen molar-refractivity contribution < 1.29 is 0 Å². The molecule has 0 aromatic rings. The molecule has 2 nitrogen and oxygen atoms in total. The quantitative estimate of drug-likeness (QED) is 0.513. The van der Waals surface area contributed by atoms with Gasteiger partial charge in [0.25, 0.3) is 0 Å². The molecule has 18 heavy (non-hydrogen) atoms. The SMILES string of the molecule is CCCCCCCCCCNCC(C)(C)CC#N. The molecule has 0 spiro atoms. The van der Waals surface area contributed by atoms with Crippen LogP contribution >= 0.6 is 0 Å². The number of hydrogen-bond acceptors (Lipinski definition) is 2. The Morgan fingerprint density at radius 2 is 1.50 bits per heavy atom. The monoisotopic (exact) mass is 252 g/mol. The Morgan fingerprint density at radius 1 is 0.944 bits per heavy atom. The van der Waals surface area contributed by atoms with E-state index in [-0.39, 0.29) is 5.41 Å². The van der Waals surface area contributed by atoms with Gasteiger partial charge >= 0.3 is 0 Å².